The quantitative estimate of drug-likeness (QED) is 0.803. The number of nitrogens with zero attached hydrogens (tertiary/aromatic N) is 3. The van der Waals surface area contributed by atoms with E-state index in [2.05, 4.69) is 4.98 Å². The maximum Gasteiger partial charge on any atom is 0.245 e. The van der Waals surface area contributed by atoms with Gasteiger partial charge in [0.25, 0.3) is 0 Å². The number of aryl methyl sites for hydroxylation is 1. The lowest BCUT2D eigenvalue weighted by Crippen LogP contribution is -2.50. The molecule has 2 heterocycles. The van der Waals surface area contributed by atoms with Crippen molar-refractivity contribution >= 4 is 39.2 Å². The second-order valence-electron chi connectivity index (χ2n) is 6.52. The predicted molar refractivity (Wildman–Crippen MR) is 107 cm³/mol. The molecule has 1 aliphatic rings. The minimum Gasteiger partial charge on any atom is -0.340 e. The number of fused-ring (bicyclic) bond motifs is 1. The van der Waals surface area contributed by atoms with Crippen molar-refractivity contribution in [1.82, 2.24) is 14.2 Å². The molecule has 0 saturated carbocycles. The van der Waals surface area contributed by atoms with Crippen LogP contribution < -0.4 is 5.73 Å². The van der Waals surface area contributed by atoms with Crippen LogP contribution in [0.2, 0.25) is 0 Å². The molecule has 0 spiro atoms. The summed E-state index contributed by atoms with van der Waals surface area (Å²) in [6, 6.07) is 7.12. The summed E-state index contributed by atoms with van der Waals surface area (Å²) in [6.45, 7) is 3.79. The average molecular weight is 413 g/mol. The van der Waals surface area contributed by atoms with Crippen molar-refractivity contribution in [2.24, 2.45) is 5.73 Å². The average Bonchev–Trinajstić information content (AvgIpc) is 2.65. The molecule has 2 N–H and O–H groups in total. The van der Waals surface area contributed by atoms with Crippen LogP contribution in [0.1, 0.15) is 18.4 Å². The molecule has 1 aliphatic heterocycles. The first-order valence-electron chi connectivity index (χ1n) is 8.77. The van der Waals surface area contributed by atoms with Crippen molar-refractivity contribution in [3.05, 3.63) is 36.0 Å². The summed E-state index contributed by atoms with van der Waals surface area (Å²) in [5.74, 6) is 0.0369. The van der Waals surface area contributed by atoms with Crippen molar-refractivity contribution in [3.8, 4) is 0 Å². The molecule has 0 radical (unpaired) electrons. The third-order valence-electron chi connectivity index (χ3n) is 4.61. The van der Waals surface area contributed by atoms with Gasteiger partial charge in [-0.3, -0.25) is 9.78 Å². The number of piperazine rings is 1. The molecular formula is C18H25ClN4O3S. The second kappa shape index (κ2) is 8.97. The number of sulfonamides is 1. The molecule has 1 saturated heterocycles. The van der Waals surface area contributed by atoms with Crippen molar-refractivity contribution in [3.63, 3.8) is 0 Å². The molecule has 0 atom stereocenters. The van der Waals surface area contributed by atoms with Crippen LogP contribution in [-0.2, 0) is 14.8 Å². The lowest BCUT2D eigenvalue weighted by atomic mass is 10.2. The number of nitrogens with two attached hydrogens (primary N) is 1. The molecule has 148 valence electrons. The van der Waals surface area contributed by atoms with Crippen LogP contribution in [0.25, 0.3) is 10.9 Å². The minimum absolute atomic E-state index is 0. The van der Waals surface area contributed by atoms with Crippen LogP contribution in [0.3, 0.4) is 0 Å². The Bertz CT molecular complexity index is 912. The third-order valence-corrected chi connectivity index (χ3v) is 6.54. The number of halogens is 1. The maximum atomic E-state index is 13.1. The number of pyridine rings is 1. The summed E-state index contributed by atoms with van der Waals surface area (Å²) in [7, 11) is -3.65. The summed E-state index contributed by atoms with van der Waals surface area (Å²) < 4.78 is 27.6. The number of hydrogen-bond donors (Lipinski definition) is 1. The van der Waals surface area contributed by atoms with Gasteiger partial charge in [0.1, 0.15) is 4.90 Å². The van der Waals surface area contributed by atoms with Crippen molar-refractivity contribution in [2.45, 2.75) is 24.7 Å². The van der Waals surface area contributed by atoms with Gasteiger partial charge in [0.2, 0.25) is 15.9 Å². The molecule has 9 heteroatoms. The zero-order valence-electron chi connectivity index (χ0n) is 15.3. The Labute approximate surface area is 166 Å². The highest BCUT2D eigenvalue weighted by Gasteiger charge is 2.31. The standard InChI is InChI=1S/C18H24N4O3S.ClH/c1-14-12-15-4-2-5-16(18(15)20-13-14)26(24,25)22-10-8-21(9-11-22)17(23)6-3-7-19;/h2,4-5,12-13H,3,6-11,19H2,1H3;1H. The fraction of sp³-hybridized carbons (Fsp3) is 0.444. The smallest absolute Gasteiger partial charge is 0.245 e. The SMILES string of the molecule is Cc1cnc2c(S(=O)(=O)N3CCN(C(=O)CCCN)CC3)cccc2c1.Cl. The van der Waals surface area contributed by atoms with Gasteiger partial charge in [-0.25, -0.2) is 8.42 Å². The highest BCUT2D eigenvalue weighted by Crippen LogP contribution is 2.25. The van der Waals surface area contributed by atoms with Gasteiger partial charge in [0.05, 0.1) is 5.52 Å². The molecule has 0 bridgehead atoms. The second-order valence-corrected chi connectivity index (χ2v) is 8.42. The number of rotatable bonds is 5. The largest absolute Gasteiger partial charge is 0.340 e. The number of para-hydroxylation sites is 1. The summed E-state index contributed by atoms with van der Waals surface area (Å²) in [5.41, 5.74) is 6.91. The van der Waals surface area contributed by atoms with Gasteiger partial charge in [-0.1, -0.05) is 12.1 Å². The van der Waals surface area contributed by atoms with Crippen LogP contribution in [0, 0.1) is 6.92 Å². The lowest BCUT2D eigenvalue weighted by Gasteiger charge is -2.34. The van der Waals surface area contributed by atoms with Gasteiger partial charge >= 0.3 is 0 Å². The number of hydrogen-bond acceptors (Lipinski definition) is 5. The number of benzene rings is 1. The van der Waals surface area contributed by atoms with Crippen molar-refractivity contribution in [2.75, 3.05) is 32.7 Å². The highest BCUT2D eigenvalue weighted by atomic mass is 35.5. The normalized spacial score (nSPS) is 15.6. The molecule has 1 aromatic carbocycles. The maximum absolute atomic E-state index is 13.1. The summed E-state index contributed by atoms with van der Waals surface area (Å²) in [4.78, 5) is 18.4. The van der Waals surface area contributed by atoms with E-state index >= 15 is 0 Å². The van der Waals surface area contributed by atoms with E-state index in [0.717, 1.165) is 10.9 Å². The zero-order valence-corrected chi connectivity index (χ0v) is 16.9. The fourth-order valence-corrected chi connectivity index (χ4v) is 4.77. The van der Waals surface area contributed by atoms with E-state index < -0.39 is 10.0 Å². The van der Waals surface area contributed by atoms with Gasteiger partial charge in [-0.05, 0) is 37.6 Å². The van der Waals surface area contributed by atoms with Crippen LogP contribution in [0.5, 0.6) is 0 Å². The number of aromatic nitrogens is 1. The van der Waals surface area contributed by atoms with Crippen molar-refractivity contribution in [1.29, 1.82) is 0 Å². The summed E-state index contributed by atoms with van der Waals surface area (Å²) in [5, 5.41) is 0.807. The van der Waals surface area contributed by atoms with E-state index in [0.29, 0.717) is 51.1 Å². The lowest BCUT2D eigenvalue weighted by molar-refractivity contribution is -0.132. The predicted octanol–water partition coefficient (Wildman–Crippen LogP) is 1.54. The molecule has 1 fully saturated rings. The zero-order chi connectivity index (χ0) is 18.7. The Balaban J connectivity index is 0.00000261. The van der Waals surface area contributed by atoms with Crippen LogP contribution in [0.4, 0.5) is 0 Å². The van der Waals surface area contributed by atoms with E-state index in [9.17, 15) is 13.2 Å². The highest BCUT2D eigenvalue weighted by molar-refractivity contribution is 7.89. The molecule has 27 heavy (non-hydrogen) atoms. The molecule has 0 unspecified atom stereocenters. The Hall–Kier alpha value is -1.74. The van der Waals surface area contributed by atoms with E-state index in [4.69, 9.17) is 5.73 Å². The van der Waals surface area contributed by atoms with Crippen molar-refractivity contribution < 1.29 is 13.2 Å². The minimum atomic E-state index is -3.65. The first-order chi connectivity index (χ1) is 12.4. The van der Waals surface area contributed by atoms with Gasteiger partial charge in [-0.15, -0.1) is 12.4 Å². The third kappa shape index (κ3) is 4.57. The molecular weight excluding hydrogens is 388 g/mol. The Kier molecular flexibility index (Phi) is 7.16. The van der Waals surface area contributed by atoms with Gasteiger partial charge < -0.3 is 10.6 Å². The topological polar surface area (TPSA) is 96.6 Å². The van der Waals surface area contributed by atoms with Gasteiger partial charge in [-0.2, -0.15) is 4.31 Å². The molecule has 1 aromatic heterocycles. The van der Waals surface area contributed by atoms with Crippen LogP contribution in [0.15, 0.2) is 35.4 Å². The Morgan fingerprint density at radius 2 is 1.93 bits per heavy atom. The first kappa shape index (κ1) is 21.6. The number of amides is 1. The number of carbonyl (C=O) groups is 1. The number of carbonyl (C=O) groups excluding carboxylic acids is 1. The van der Waals surface area contributed by atoms with E-state index in [1.54, 1.807) is 23.2 Å². The van der Waals surface area contributed by atoms with Gasteiger partial charge in [0, 0.05) is 44.2 Å². The van der Waals surface area contributed by atoms with Gasteiger partial charge in [0.15, 0.2) is 0 Å². The first-order valence-corrected chi connectivity index (χ1v) is 10.2. The molecule has 7 nitrogen and oxygen atoms in total. The summed E-state index contributed by atoms with van der Waals surface area (Å²) in [6.07, 6.45) is 2.74. The monoisotopic (exact) mass is 412 g/mol. The molecule has 1 amide bonds. The summed E-state index contributed by atoms with van der Waals surface area (Å²) >= 11 is 0. The molecule has 0 aliphatic carbocycles. The van der Waals surface area contributed by atoms with E-state index in [1.165, 1.54) is 4.31 Å². The Morgan fingerprint density at radius 1 is 1.22 bits per heavy atom. The van der Waals surface area contributed by atoms with E-state index in [-0.39, 0.29) is 23.2 Å². The fourth-order valence-electron chi connectivity index (χ4n) is 3.18. The molecule has 3 rings (SSSR count). The van der Waals surface area contributed by atoms with E-state index in [1.807, 2.05) is 19.1 Å². The van der Waals surface area contributed by atoms with Crippen LogP contribution in [-0.4, -0.2) is 61.2 Å². The van der Waals surface area contributed by atoms with Crippen LogP contribution >= 0.6 is 12.4 Å². The molecule has 2 aromatic rings. The Morgan fingerprint density at radius 3 is 2.59 bits per heavy atom.